The van der Waals surface area contributed by atoms with Crippen molar-refractivity contribution in [3.05, 3.63) is 59.4 Å². The van der Waals surface area contributed by atoms with Crippen LogP contribution in [0.15, 0.2) is 42.7 Å². The van der Waals surface area contributed by atoms with E-state index in [0.29, 0.717) is 5.01 Å². The number of amides is 1. The first-order chi connectivity index (χ1) is 10.7. The summed E-state index contributed by atoms with van der Waals surface area (Å²) in [6, 6.07) is 4.68. The summed E-state index contributed by atoms with van der Waals surface area (Å²) in [5, 5.41) is 9.59. The molecule has 23 heavy (non-hydrogen) atoms. The zero-order chi connectivity index (χ0) is 17.2. The van der Waals surface area contributed by atoms with Gasteiger partial charge >= 0.3 is 12.1 Å². The molecule has 0 radical (unpaired) electrons. The number of hydrogen-bond donors (Lipinski definition) is 2. The van der Waals surface area contributed by atoms with Crippen molar-refractivity contribution in [1.82, 2.24) is 4.98 Å². The lowest BCUT2D eigenvalue weighted by Crippen LogP contribution is -2.38. The van der Waals surface area contributed by atoms with Gasteiger partial charge < -0.3 is 5.11 Å². The van der Waals surface area contributed by atoms with Gasteiger partial charge in [0, 0.05) is 12.4 Å². The Morgan fingerprint density at radius 2 is 1.70 bits per heavy atom. The largest absolute Gasteiger partial charge is 0.478 e. The number of carbonyl (C=O) groups excluding carboxylic acids is 1. The Morgan fingerprint density at radius 3 is 2.22 bits per heavy atom. The van der Waals surface area contributed by atoms with Gasteiger partial charge in [-0.25, -0.2) is 15.6 Å². The fourth-order valence-corrected chi connectivity index (χ4v) is 1.81. The van der Waals surface area contributed by atoms with Crippen LogP contribution in [0.25, 0.3) is 0 Å². The predicted molar refractivity (Wildman–Crippen MR) is 73.6 cm³/mol. The number of aromatic carboxylic acids is 1. The smallest absolute Gasteiger partial charge is 0.416 e. The zero-order valence-electron chi connectivity index (χ0n) is 11.4. The Balaban J connectivity index is 2.32. The Labute approximate surface area is 127 Å². The van der Waals surface area contributed by atoms with Gasteiger partial charge in [0.25, 0.3) is 5.91 Å². The summed E-state index contributed by atoms with van der Waals surface area (Å²) < 4.78 is 37.5. The van der Waals surface area contributed by atoms with Crippen LogP contribution in [0.1, 0.15) is 26.3 Å². The van der Waals surface area contributed by atoms with Crippen LogP contribution >= 0.6 is 0 Å². The monoisotopic (exact) mass is 325 g/mol. The summed E-state index contributed by atoms with van der Waals surface area (Å²) in [6.45, 7) is 0. The average Bonchev–Trinajstić information content (AvgIpc) is 2.52. The maximum Gasteiger partial charge on any atom is 0.416 e. The zero-order valence-corrected chi connectivity index (χ0v) is 11.4. The van der Waals surface area contributed by atoms with Crippen molar-refractivity contribution in [3.63, 3.8) is 0 Å². The second-order valence-corrected chi connectivity index (χ2v) is 4.45. The number of aromatic nitrogens is 1. The number of pyridine rings is 1. The number of hydrazine groups is 1. The second kappa shape index (κ2) is 6.05. The molecule has 6 nitrogen and oxygen atoms in total. The van der Waals surface area contributed by atoms with E-state index in [1.807, 2.05) is 0 Å². The van der Waals surface area contributed by atoms with Gasteiger partial charge in [-0.05, 0) is 30.3 Å². The molecule has 2 aromatic rings. The van der Waals surface area contributed by atoms with Crippen LogP contribution in [0.5, 0.6) is 0 Å². The van der Waals surface area contributed by atoms with E-state index in [9.17, 15) is 22.8 Å². The molecule has 0 bridgehead atoms. The first kappa shape index (κ1) is 16.4. The molecule has 2 rings (SSSR count). The quantitative estimate of drug-likeness (QED) is 0.513. The van der Waals surface area contributed by atoms with Gasteiger partial charge in [-0.2, -0.15) is 13.2 Å². The number of halogens is 3. The van der Waals surface area contributed by atoms with Crippen LogP contribution in [0, 0.1) is 0 Å². The number of rotatable bonds is 3. The number of hydrogen-bond acceptors (Lipinski definition) is 4. The van der Waals surface area contributed by atoms with Crippen molar-refractivity contribution in [2.45, 2.75) is 6.18 Å². The number of nitrogens with zero attached hydrogens (tertiary/aromatic N) is 2. The van der Waals surface area contributed by atoms with E-state index in [-0.39, 0.29) is 16.8 Å². The fraction of sp³-hybridized carbons (Fsp3) is 0.0714. The molecule has 9 heteroatoms. The third-order valence-corrected chi connectivity index (χ3v) is 2.97. The molecule has 120 valence electrons. The van der Waals surface area contributed by atoms with Crippen LogP contribution < -0.4 is 10.9 Å². The Hall–Kier alpha value is -2.94. The van der Waals surface area contributed by atoms with E-state index in [0.717, 1.165) is 36.5 Å². The minimum Gasteiger partial charge on any atom is -0.478 e. The standard InChI is InChI=1S/C14H10F3N3O3/c15-14(16,17)8-1-3-9(4-2-8)20(18)12(21)11-7-19-6-5-10(11)13(22)23/h1-7H,18H2,(H,22,23). The molecule has 1 aromatic heterocycles. The lowest BCUT2D eigenvalue weighted by Gasteiger charge is -2.18. The normalized spacial score (nSPS) is 11.1. The summed E-state index contributed by atoms with van der Waals surface area (Å²) >= 11 is 0. The number of anilines is 1. The van der Waals surface area contributed by atoms with Crippen molar-refractivity contribution < 1.29 is 27.9 Å². The molecule has 3 N–H and O–H groups in total. The lowest BCUT2D eigenvalue weighted by molar-refractivity contribution is -0.137. The van der Waals surface area contributed by atoms with E-state index in [1.54, 1.807) is 0 Å². The first-order valence-electron chi connectivity index (χ1n) is 6.15. The minimum absolute atomic E-state index is 0.0248. The molecule has 0 atom stereocenters. The molecule has 0 aliphatic carbocycles. The highest BCUT2D eigenvalue weighted by atomic mass is 19.4. The predicted octanol–water partition coefficient (Wildman–Crippen LogP) is 2.32. The Bertz CT molecular complexity index is 745. The van der Waals surface area contributed by atoms with Gasteiger partial charge in [0.15, 0.2) is 0 Å². The van der Waals surface area contributed by atoms with Crippen molar-refractivity contribution >= 4 is 17.6 Å². The van der Waals surface area contributed by atoms with Gasteiger partial charge in [-0.3, -0.25) is 9.78 Å². The van der Waals surface area contributed by atoms with Gasteiger partial charge in [0.05, 0.1) is 22.4 Å². The molecule has 0 unspecified atom stereocenters. The Morgan fingerprint density at radius 1 is 1.09 bits per heavy atom. The van der Waals surface area contributed by atoms with Crippen LogP contribution in [-0.2, 0) is 6.18 Å². The highest BCUT2D eigenvalue weighted by molar-refractivity contribution is 6.11. The molecule has 0 aliphatic rings. The number of carboxylic acid groups (broad SMARTS) is 1. The highest BCUT2D eigenvalue weighted by Crippen LogP contribution is 2.30. The molecular weight excluding hydrogens is 315 g/mol. The van der Waals surface area contributed by atoms with E-state index in [1.165, 1.54) is 6.20 Å². The van der Waals surface area contributed by atoms with Gasteiger partial charge in [0.1, 0.15) is 0 Å². The Kier molecular flexibility index (Phi) is 4.32. The molecule has 0 saturated heterocycles. The minimum atomic E-state index is -4.51. The molecule has 1 aromatic carbocycles. The topological polar surface area (TPSA) is 96.5 Å². The summed E-state index contributed by atoms with van der Waals surface area (Å²) in [7, 11) is 0. The number of benzene rings is 1. The van der Waals surface area contributed by atoms with Crippen LogP contribution in [0.2, 0.25) is 0 Å². The summed E-state index contributed by atoms with van der Waals surface area (Å²) in [4.78, 5) is 27.0. The van der Waals surface area contributed by atoms with Crippen molar-refractivity contribution in [1.29, 1.82) is 0 Å². The molecular formula is C14H10F3N3O3. The highest BCUT2D eigenvalue weighted by Gasteiger charge is 2.30. The van der Waals surface area contributed by atoms with Gasteiger partial charge in [-0.1, -0.05) is 0 Å². The number of nitrogens with two attached hydrogens (primary N) is 1. The number of alkyl halides is 3. The third-order valence-electron chi connectivity index (χ3n) is 2.97. The maximum absolute atomic E-state index is 12.5. The number of carbonyl (C=O) groups is 2. The maximum atomic E-state index is 12.5. The van der Waals surface area contributed by atoms with E-state index in [4.69, 9.17) is 10.9 Å². The molecule has 0 saturated carbocycles. The van der Waals surface area contributed by atoms with Crippen LogP contribution in [0.3, 0.4) is 0 Å². The first-order valence-corrected chi connectivity index (χ1v) is 6.15. The van der Waals surface area contributed by atoms with Crippen molar-refractivity contribution in [2.75, 3.05) is 5.01 Å². The van der Waals surface area contributed by atoms with Gasteiger partial charge in [0.2, 0.25) is 0 Å². The van der Waals surface area contributed by atoms with E-state index < -0.39 is 23.6 Å². The molecule has 0 aliphatic heterocycles. The lowest BCUT2D eigenvalue weighted by atomic mass is 10.1. The van der Waals surface area contributed by atoms with Crippen molar-refractivity contribution in [3.8, 4) is 0 Å². The summed E-state index contributed by atoms with van der Waals surface area (Å²) in [6.07, 6.45) is -2.29. The average molecular weight is 325 g/mol. The van der Waals surface area contributed by atoms with Gasteiger partial charge in [-0.15, -0.1) is 0 Å². The SMILES string of the molecule is NN(C(=O)c1cnccc1C(=O)O)c1ccc(C(F)(F)F)cc1. The molecule has 0 spiro atoms. The summed E-state index contributed by atoms with van der Waals surface area (Å²) in [5.41, 5.74) is -1.51. The molecule has 1 amide bonds. The van der Waals surface area contributed by atoms with Crippen LogP contribution in [-0.4, -0.2) is 22.0 Å². The van der Waals surface area contributed by atoms with E-state index >= 15 is 0 Å². The second-order valence-electron chi connectivity index (χ2n) is 4.45. The summed E-state index contributed by atoms with van der Waals surface area (Å²) in [5.74, 6) is 3.32. The van der Waals surface area contributed by atoms with E-state index in [2.05, 4.69) is 4.98 Å². The van der Waals surface area contributed by atoms with Crippen molar-refractivity contribution in [2.24, 2.45) is 5.84 Å². The molecule has 1 heterocycles. The third kappa shape index (κ3) is 3.46. The fourth-order valence-electron chi connectivity index (χ4n) is 1.81. The number of carboxylic acids is 1. The molecule has 0 fully saturated rings. The van der Waals surface area contributed by atoms with Crippen LogP contribution in [0.4, 0.5) is 18.9 Å².